The van der Waals surface area contributed by atoms with Crippen LogP contribution in [0.5, 0.6) is 5.75 Å². The highest BCUT2D eigenvalue weighted by molar-refractivity contribution is 7.89. The second-order valence-corrected chi connectivity index (χ2v) is 5.43. The largest absolute Gasteiger partial charge is 0.495 e. The molecule has 1 aromatic carbocycles. The van der Waals surface area contributed by atoms with Crippen LogP contribution in [0.4, 0.5) is 5.69 Å². The zero-order valence-corrected chi connectivity index (χ0v) is 11.3. The minimum absolute atomic E-state index is 0.147. The minimum atomic E-state index is -3.51. The molecule has 0 aliphatic rings. The second kappa shape index (κ2) is 6.42. The number of nitrogen functional groups attached to an aromatic ring is 1. The maximum atomic E-state index is 11.9. The highest BCUT2D eigenvalue weighted by Gasteiger charge is 2.14. The normalized spacial score (nSPS) is 11.9. The number of nitrogens with one attached hydrogen (secondary N) is 1. The highest BCUT2D eigenvalue weighted by Crippen LogP contribution is 2.24. The summed E-state index contributed by atoms with van der Waals surface area (Å²) in [5.74, 6) is 0.353. The van der Waals surface area contributed by atoms with Gasteiger partial charge in [-0.15, -0.1) is 0 Å². The van der Waals surface area contributed by atoms with Crippen LogP contribution in [0.2, 0.25) is 0 Å². The van der Waals surface area contributed by atoms with Gasteiger partial charge in [0.25, 0.3) is 0 Å². The van der Waals surface area contributed by atoms with Gasteiger partial charge in [-0.3, -0.25) is 0 Å². The molecule has 0 saturated carbocycles. The standard InChI is InChI=1S/C12H18N2O3S/c1-3-4-5-8-14-18(15,16)10-6-7-11(13)12(9-10)17-2/h3-4,6-7,9,14H,5,8,13H2,1-2H3/b4-3+. The third kappa shape index (κ3) is 3.75. The average molecular weight is 270 g/mol. The third-order valence-electron chi connectivity index (χ3n) is 2.35. The number of sulfonamides is 1. The molecule has 1 aromatic rings. The van der Waals surface area contributed by atoms with Crippen LogP contribution >= 0.6 is 0 Å². The molecule has 1 rings (SSSR count). The van der Waals surface area contributed by atoms with E-state index in [1.807, 2.05) is 19.1 Å². The van der Waals surface area contributed by atoms with Crippen LogP contribution in [0.25, 0.3) is 0 Å². The van der Waals surface area contributed by atoms with Crippen molar-refractivity contribution in [3.05, 3.63) is 30.4 Å². The zero-order chi connectivity index (χ0) is 13.6. The Labute approximate surface area is 108 Å². The predicted octanol–water partition coefficient (Wildman–Crippen LogP) is 1.52. The van der Waals surface area contributed by atoms with Crippen molar-refractivity contribution in [2.75, 3.05) is 19.4 Å². The Morgan fingerprint density at radius 1 is 1.44 bits per heavy atom. The number of allylic oxidation sites excluding steroid dienone is 1. The number of rotatable bonds is 6. The molecule has 0 radical (unpaired) electrons. The Balaban J connectivity index is 2.84. The van der Waals surface area contributed by atoms with Gasteiger partial charge >= 0.3 is 0 Å². The van der Waals surface area contributed by atoms with Crippen LogP contribution in [0.3, 0.4) is 0 Å². The molecule has 6 heteroatoms. The van der Waals surface area contributed by atoms with Crippen LogP contribution in [0.15, 0.2) is 35.2 Å². The molecule has 0 amide bonds. The summed E-state index contributed by atoms with van der Waals surface area (Å²) < 4.78 is 31.4. The van der Waals surface area contributed by atoms with E-state index in [2.05, 4.69) is 4.72 Å². The molecule has 0 unspecified atom stereocenters. The number of hydrogen-bond acceptors (Lipinski definition) is 4. The Morgan fingerprint density at radius 3 is 2.78 bits per heavy atom. The quantitative estimate of drug-likeness (QED) is 0.466. The van der Waals surface area contributed by atoms with E-state index in [-0.39, 0.29) is 4.90 Å². The fourth-order valence-electron chi connectivity index (χ4n) is 1.39. The summed E-state index contributed by atoms with van der Waals surface area (Å²) in [6, 6.07) is 4.38. The van der Waals surface area contributed by atoms with Gasteiger partial charge in [0.1, 0.15) is 5.75 Å². The van der Waals surface area contributed by atoms with Crippen LogP contribution in [-0.2, 0) is 10.0 Å². The van der Waals surface area contributed by atoms with E-state index in [4.69, 9.17) is 10.5 Å². The van der Waals surface area contributed by atoms with Crippen LogP contribution < -0.4 is 15.2 Å². The van der Waals surface area contributed by atoms with Gasteiger partial charge in [0.2, 0.25) is 10.0 Å². The first-order valence-corrected chi connectivity index (χ1v) is 7.04. The first-order valence-electron chi connectivity index (χ1n) is 5.55. The average Bonchev–Trinajstić information content (AvgIpc) is 2.35. The Kier molecular flexibility index (Phi) is 5.18. The Hall–Kier alpha value is -1.53. The SMILES string of the molecule is C/C=C/CCNS(=O)(=O)c1ccc(N)c(OC)c1. The van der Waals surface area contributed by atoms with Crippen molar-refractivity contribution in [2.24, 2.45) is 0 Å². The lowest BCUT2D eigenvalue weighted by Crippen LogP contribution is -2.24. The van der Waals surface area contributed by atoms with E-state index >= 15 is 0 Å². The smallest absolute Gasteiger partial charge is 0.240 e. The van der Waals surface area contributed by atoms with Crippen molar-refractivity contribution in [1.29, 1.82) is 0 Å². The molecule has 5 nitrogen and oxygen atoms in total. The van der Waals surface area contributed by atoms with Gasteiger partial charge in [0.15, 0.2) is 0 Å². The van der Waals surface area contributed by atoms with Gasteiger partial charge in [-0.2, -0.15) is 0 Å². The van der Waals surface area contributed by atoms with E-state index in [1.54, 1.807) is 0 Å². The summed E-state index contributed by atoms with van der Waals surface area (Å²) in [6.07, 6.45) is 4.43. The summed E-state index contributed by atoms with van der Waals surface area (Å²) in [5.41, 5.74) is 6.04. The van der Waals surface area contributed by atoms with Gasteiger partial charge < -0.3 is 10.5 Å². The van der Waals surface area contributed by atoms with Gasteiger partial charge in [-0.05, 0) is 25.5 Å². The van der Waals surface area contributed by atoms with Crippen LogP contribution in [-0.4, -0.2) is 22.1 Å². The Bertz CT molecular complexity index is 524. The Morgan fingerprint density at radius 2 is 2.17 bits per heavy atom. The third-order valence-corrected chi connectivity index (χ3v) is 3.81. The molecule has 0 saturated heterocycles. The molecular weight excluding hydrogens is 252 g/mol. The number of ether oxygens (including phenoxy) is 1. The van der Waals surface area contributed by atoms with E-state index in [0.717, 1.165) is 0 Å². The van der Waals surface area contributed by atoms with Crippen molar-refractivity contribution < 1.29 is 13.2 Å². The van der Waals surface area contributed by atoms with Crippen molar-refractivity contribution in [3.8, 4) is 5.75 Å². The summed E-state index contributed by atoms with van der Waals surface area (Å²) >= 11 is 0. The lowest BCUT2D eigenvalue weighted by atomic mass is 10.3. The number of nitrogens with two attached hydrogens (primary N) is 1. The molecule has 0 bridgehead atoms. The maximum absolute atomic E-state index is 11.9. The molecule has 0 heterocycles. The zero-order valence-electron chi connectivity index (χ0n) is 10.5. The highest BCUT2D eigenvalue weighted by atomic mass is 32.2. The molecule has 0 fully saturated rings. The monoisotopic (exact) mass is 270 g/mol. The van der Waals surface area contributed by atoms with Crippen molar-refractivity contribution in [2.45, 2.75) is 18.2 Å². The number of methoxy groups -OCH3 is 1. The van der Waals surface area contributed by atoms with E-state index in [0.29, 0.717) is 24.4 Å². The molecule has 18 heavy (non-hydrogen) atoms. The lowest BCUT2D eigenvalue weighted by Gasteiger charge is -2.09. The summed E-state index contributed by atoms with van der Waals surface area (Å²) in [4.78, 5) is 0.147. The predicted molar refractivity (Wildman–Crippen MR) is 72.0 cm³/mol. The van der Waals surface area contributed by atoms with E-state index < -0.39 is 10.0 Å². The molecule has 3 N–H and O–H groups in total. The van der Waals surface area contributed by atoms with Crippen molar-refractivity contribution in [1.82, 2.24) is 4.72 Å². The first kappa shape index (κ1) is 14.5. The van der Waals surface area contributed by atoms with E-state index in [1.165, 1.54) is 25.3 Å². The lowest BCUT2D eigenvalue weighted by molar-refractivity contribution is 0.415. The topological polar surface area (TPSA) is 81.4 Å². The molecule has 0 aliphatic heterocycles. The fraction of sp³-hybridized carbons (Fsp3) is 0.333. The van der Waals surface area contributed by atoms with Crippen LogP contribution in [0.1, 0.15) is 13.3 Å². The molecule has 0 aliphatic carbocycles. The van der Waals surface area contributed by atoms with Crippen molar-refractivity contribution in [3.63, 3.8) is 0 Å². The van der Waals surface area contributed by atoms with Gasteiger partial charge in [0.05, 0.1) is 17.7 Å². The van der Waals surface area contributed by atoms with Gasteiger partial charge in [-0.25, -0.2) is 13.1 Å². The minimum Gasteiger partial charge on any atom is -0.495 e. The molecular formula is C12H18N2O3S. The summed E-state index contributed by atoms with van der Waals surface area (Å²) in [6.45, 7) is 2.25. The van der Waals surface area contributed by atoms with Crippen molar-refractivity contribution >= 4 is 15.7 Å². The van der Waals surface area contributed by atoms with Crippen LogP contribution in [0, 0.1) is 0 Å². The molecule has 0 spiro atoms. The number of benzene rings is 1. The first-order chi connectivity index (χ1) is 8.51. The molecule has 0 atom stereocenters. The van der Waals surface area contributed by atoms with E-state index in [9.17, 15) is 8.42 Å². The fourth-order valence-corrected chi connectivity index (χ4v) is 2.45. The second-order valence-electron chi connectivity index (χ2n) is 3.66. The van der Waals surface area contributed by atoms with Gasteiger partial charge in [0, 0.05) is 12.6 Å². The molecule has 100 valence electrons. The summed E-state index contributed by atoms with van der Waals surface area (Å²) in [5, 5.41) is 0. The van der Waals surface area contributed by atoms with Gasteiger partial charge in [-0.1, -0.05) is 12.2 Å². The molecule has 0 aromatic heterocycles. The number of anilines is 1. The summed E-state index contributed by atoms with van der Waals surface area (Å²) in [7, 11) is -2.06. The number of hydrogen-bond donors (Lipinski definition) is 2. The maximum Gasteiger partial charge on any atom is 0.240 e.